The van der Waals surface area contributed by atoms with Crippen molar-refractivity contribution in [2.75, 3.05) is 19.7 Å². The first-order chi connectivity index (χ1) is 7.25. The molecule has 1 fully saturated rings. The lowest BCUT2D eigenvalue weighted by atomic mass is 9.82. The standard InChI is InChI=1S/C12H23NO2/c1-3-5-9-15-11(14)12(6-4-2)7-8-13-10-12/h13H,3-10H2,1-2H3. The van der Waals surface area contributed by atoms with E-state index in [9.17, 15) is 4.79 Å². The minimum absolute atomic E-state index is 0.0165. The predicted molar refractivity (Wildman–Crippen MR) is 60.7 cm³/mol. The molecule has 1 saturated heterocycles. The molecule has 0 aromatic carbocycles. The molecule has 0 bridgehead atoms. The van der Waals surface area contributed by atoms with Gasteiger partial charge in [0.25, 0.3) is 0 Å². The third-order valence-electron chi connectivity index (χ3n) is 3.14. The zero-order chi connectivity index (χ0) is 11.1. The molecule has 3 nitrogen and oxygen atoms in total. The summed E-state index contributed by atoms with van der Waals surface area (Å²) in [5.41, 5.74) is -0.220. The fourth-order valence-electron chi connectivity index (χ4n) is 2.17. The van der Waals surface area contributed by atoms with E-state index in [-0.39, 0.29) is 11.4 Å². The highest BCUT2D eigenvalue weighted by Gasteiger charge is 2.41. The van der Waals surface area contributed by atoms with Crippen LogP contribution in [0.25, 0.3) is 0 Å². The van der Waals surface area contributed by atoms with Gasteiger partial charge in [-0.05, 0) is 25.8 Å². The highest BCUT2D eigenvalue weighted by atomic mass is 16.5. The number of esters is 1. The topological polar surface area (TPSA) is 38.3 Å². The summed E-state index contributed by atoms with van der Waals surface area (Å²) < 4.78 is 5.34. The lowest BCUT2D eigenvalue weighted by Gasteiger charge is -2.25. The van der Waals surface area contributed by atoms with Crippen molar-refractivity contribution in [1.82, 2.24) is 5.32 Å². The molecule has 0 spiro atoms. The Hall–Kier alpha value is -0.570. The van der Waals surface area contributed by atoms with Crippen molar-refractivity contribution in [3.63, 3.8) is 0 Å². The van der Waals surface area contributed by atoms with E-state index < -0.39 is 0 Å². The number of carbonyl (C=O) groups excluding carboxylic acids is 1. The highest BCUT2D eigenvalue weighted by molar-refractivity contribution is 5.77. The van der Waals surface area contributed by atoms with Crippen LogP contribution in [0.2, 0.25) is 0 Å². The summed E-state index contributed by atoms with van der Waals surface area (Å²) in [6, 6.07) is 0. The molecule has 0 aromatic heterocycles. The van der Waals surface area contributed by atoms with E-state index in [1.54, 1.807) is 0 Å². The second-order valence-corrected chi connectivity index (χ2v) is 4.45. The van der Waals surface area contributed by atoms with Gasteiger partial charge >= 0.3 is 5.97 Å². The van der Waals surface area contributed by atoms with Gasteiger partial charge in [0.2, 0.25) is 0 Å². The Balaban J connectivity index is 2.44. The number of hydrogen-bond acceptors (Lipinski definition) is 3. The maximum atomic E-state index is 12.0. The van der Waals surface area contributed by atoms with Crippen LogP contribution < -0.4 is 5.32 Å². The van der Waals surface area contributed by atoms with E-state index in [0.717, 1.165) is 45.2 Å². The van der Waals surface area contributed by atoms with E-state index in [1.165, 1.54) is 0 Å². The van der Waals surface area contributed by atoms with Crippen LogP contribution in [0.3, 0.4) is 0 Å². The van der Waals surface area contributed by atoms with Crippen molar-refractivity contribution >= 4 is 5.97 Å². The molecule has 0 radical (unpaired) electrons. The highest BCUT2D eigenvalue weighted by Crippen LogP contribution is 2.32. The monoisotopic (exact) mass is 213 g/mol. The van der Waals surface area contributed by atoms with Gasteiger partial charge in [-0.3, -0.25) is 4.79 Å². The van der Waals surface area contributed by atoms with E-state index in [4.69, 9.17) is 4.74 Å². The molecule has 0 aromatic rings. The number of nitrogens with one attached hydrogen (secondary N) is 1. The number of hydrogen-bond donors (Lipinski definition) is 1. The summed E-state index contributed by atoms with van der Waals surface area (Å²) in [6.07, 6.45) is 4.98. The minimum Gasteiger partial charge on any atom is -0.465 e. The minimum atomic E-state index is -0.220. The molecule has 15 heavy (non-hydrogen) atoms. The van der Waals surface area contributed by atoms with Gasteiger partial charge < -0.3 is 10.1 Å². The molecule has 1 N–H and O–H groups in total. The Bertz CT molecular complexity index is 198. The summed E-state index contributed by atoms with van der Waals surface area (Å²) in [5, 5.41) is 3.27. The Morgan fingerprint density at radius 2 is 2.20 bits per heavy atom. The molecule has 0 aliphatic carbocycles. The summed E-state index contributed by atoms with van der Waals surface area (Å²) >= 11 is 0. The fourth-order valence-corrected chi connectivity index (χ4v) is 2.17. The van der Waals surface area contributed by atoms with Crippen molar-refractivity contribution in [3.8, 4) is 0 Å². The first-order valence-electron chi connectivity index (χ1n) is 6.13. The van der Waals surface area contributed by atoms with E-state index in [2.05, 4.69) is 19.2 Å². The van der Waals surface area contributed by atoms with Crippen LogP contribution >= 0.6 is 0 Å². The summed E-state index contributed by atoms with van der Waals surface area (Å²) in [4.78, 5) is 12.0. The van der Waals surface area contributed by atoms with Crippen molar-refractivity contribution in [3.05, 3.63) is 0 Å². The third-order valence-corrected chi connectivity index (χ3v) is 3.14. The van der Waals surface area contributed by atoms with Crippen molar-refractivity contribution in [2.24, 2.45) is 5.41 Å². The molecule has 0 amide bonds. The molecular formula is C12H23NO2. The first-order valence-corrected chi connectivity index (χ1v) is 6.13. The van der Waals surface area contributed by atoms with E-state index in [1.807, 2.05) is 0 Å². The fraction of sp³-hybridized carbons (Fsp3) is 0.917. The van der Waals surface area contributed by atoms with Gasteiger partial charge in [-0.15, -0.1) is 0 Å². The zero-order valence-electron chi connectivity index (χ0n) is 9.97. The summed E-state index contributed by atoms with van der Waals surface area (Å²) in [5.74, 6) is 0.0165. The maximum absolute atomic E-state index is 12.0. The Kier molecular flexibility index (Phi) is 5.09. The normalized spacial score (nSPS) is 25.5. The Labute approximate surface area is 92.6 Å². The van der Waals surface area contributed by atoms with Gasteiger partial charge in [0, 0.05) is 6.54 Å². The molecule has 0 saturated carbocycles. The second-order valence-electron chi connectivity index (χ2n) is 4.45. The maximum Gasteiger partial charge on any atom is 0.313 e. The van der Waals surface area contributed by atoms with Crippen molar-refractivity contribution in [1.29, 1.82) is 0 Å². The second kappa shape index (κ2) is 6.11. The zero-order valence-corrected chi connectivity index (χ0v) is 9.97. The average molecular weight is 213 g/mol. The van der Waals surface area contributed by atoms with Crippen LogP contribution in [0.4, 0.5) is 0 Å². The Morgan fingerprint density at radius 1 is 1.40 bits per heavy atom. The smallest absolute Gasteiger partial charge is 0.313 e. The molecule has 1 heterocycles. The van der Waals surface area contributed by atoms with Crippen LogP contribution in [0.5, 0.6) is 0 Å². The molecule has 88 valence electrons. The largest absolute Gasteiger partial charge is 0.465 e. The van der Waals surface area contributed by atoms with Crippen LogP contribution in [-0.4, -0.2) is 25.7 Å². The van der Waals surface area contributed by atoms with Gasteiger partial charge in [-0.1, -0.05) is 26.7 Å². The number of unbranched alkanes of at least 4 members (excludes halogenated alkanes) is 1. The molecule has 1 aliphatic rings. The van der Waals surface area contributed by atoms with Gasteiger partial charge in [0.1, 0.15) is 0 Å². The van der Waals surface area contributed by atoms with E-state index >= 15 is 0 Å². The van der Waals surface area contributed by atoms with Crippen LogP contribution in [0.15, 0.2) is 0 Å². The predicted octanol–water partition coefficient (Wildman–Crippen LogP) is 2.11. The van der Waals surface area contributed by atoms with Gasteiger partial charge in [-0.2, -0.15) is 0 Å². The lowest BCUT2D eigenvalue weighted by molar-refractivity contribution is -0.155. The van der Waals surface area contributed by atoms with Gasteiger partial charge in [0.15, 0.2) is 0 Å². The molecule has 1 atom stereocenters. The molecule has 1 aliphatic heterocycles. The molecule has 3 heteroatoms. The molecular weight excluding hydrogens is 190 g/mol. The van der Waals surface area contributed by atoms with Gasteiger partial charge in [0.05, 0.1) is 12.0 Å². The average Bonchev–Trinajstić information content (AvgIpc) is 2.68. The van der Waals surface area contributed by atoms with E-state index in [0.29, 0.717) is 6.61 Å². The van der Waals surface area contributed by atoms with Gasteiger partial charge in [-0.25, -0.2) is 0 Å². The van der Waals surface area contributed by atoms with Crippen molar-refractivity contribution < 1.29 is 9.53 Å². The quantitative estimate of drug-likeness (QED) is 0.542. The number of carbonyl (C=O) groups is 1. The summed E-state index contributed by atoms with van der Waals surface area (Å²) in [6.45, 7) is 6.56. The number of rotatable bonds is 6. The Morgan fingerprint density at radius 3 is 2.73 bits per heavy atom. The number of ether oxygens (including phenoxy) is 1. The molecule has 1 unspecified atom stereocenters. The van der Waals surface area contributed by atoms with Crippen LogP contribution in [0, 0.1) is 5.41 Å². The third kappa shape index (κ3) is 3.20. The molecule has 1 rings (SSSR count). The first kappa shape index (κ1) is 12.5. The van der Waals surface area contributed by atoms with Crippen LogP contribution in [-0.2, 0) is 9.53 Å². The van der Waals surface area contributed by atoms with Crippen LogP contribution in [0.1, 0.15) is 46.0 Å². The SMILES string of the molecule is CCCCOC(=O)C1(CCC)CCNC1. The summed E-state index contributed by atoms with van der Waals surface area (Å²) in [7, 11) is 0. The lowest BCUT2D eigenvalue weighted by Crippen LogP contribution is -2.35. The van der Waals surface area contributed by atoms with Crippen molar-refractivity contribution in [2.45, 2.75) is 46.0 Å².